The molecule has 23 heavy (non-hydrogen) atoms. The number of nitrogens with zero attached hydrogens (tertiary/aromatic N) is 4. The molecule has 1 fully saturated rings. The van der Waals surface area contributed by atoms with Crippen molar-refractivity contribution in [2.24, 2.45) is 7.05 Å². The molecule has 5 nitrogen and oxygen atoms in total. The van der Waals surface area contributed by atoms with Crippen LogP contribution in [0.5, 0.6) is 0 Å². The Morgan fingerprint density at radius 2 is 1.70 bits per heavy atom. The SMILES string of the molecule is Cc1nn(C)c(C)c1C(=O)N1CCN(c2ccc(F)cc2)CC1. The minimum Gasteiger partial charge on any atom is -0.368 e. The van der Waals surface area contributed by atoms with Gasteiger partial charge in [0.05, 0.1) is 11.3 Å². The normalized spacial score (nSPS) is 15.1. The number of hydrogen-bond acceptors (Lipinski definition) is 3. The lowest BCUT2D eigenvalue weighted by Crippen LogP contribution is -2.49. The molecule has 2 aromatic rings. The second-order valence-electron chi connectivity index (χ2n) is 5.93. The van der Waals surface area contributed by atoms with E-state index in [4.69, 9.17) is 0 Å². The Kier molecular flexibility index (Phi) is 4.07. The fraction of sp³-hybridized carbons (Fsp3) is 0.412. The third-order valence-electron chi connectivity index (χ3n) is 4.48. The Morgan fingerprint density at radius 3 is 2.22 bits per heavy atom. The summed E-state index contributed by atoms with van der Waals surface area (Å²) in [5.74, 6) is -0.183. The van der Waals surface area contributed by atoms with E-state index in [0.29, 0.717) is 18.7 Å². The van der Waals surface area contributed by atoms with Gasteiger partial charge in [-0.3, -0.25) is 9.48 Å². The van der Waals surface area contributed by atoms with Gasteiger partial charge in [-0.1, -0.05) is 0 Å². The average molecular weight is 316 g/mol. The maximum atomic E-state index is 13.0. The number of halogens is 1. The monoisotopic (exact) mass is 316 g/mol. The summed E-state index contributed by atoms with van der Waals surface area (Å²) in [5.41, 5.74) is 3.37. The Morgan fingerprint density at radius 1 is 1.09 bits per heavy atom. The molecule has 1 aliphatic rings. The average Bonchev–Trinajstić information content (AvgIpc) is 2.80. The molecule has 0 saturated carbocycles. The van der Waals surface area contributed by atoms with Crippen LogP contribution in [0.3, 0.4) is 0 Å². The number of carbonyl (C=O) groups excluding carboxylic acids is 1. The highest BCUT2D eigenvalue weighted by molar-refractivity contribution is 5.96. The molecule has 3 rings (SSSR count). The number of amides is 1. The van der Waals surface area contributed by atoms with Crippen LogP contribution in [0, 0.1) is 19.7 Å². The highest BCUT2D eigenvalue weighted by atomic mass is 19.1. The third kappa shape index (κ3) is 2.93. The molecule has 1 amide bonds. The summed E-state index contributed by atoms with van der Waals surface area (Å²) in [6, 6.07) is 6.49. The number of benzene rings is 1. The second kappa shape index (κ2) is 6.02. The smallest absolute Gasteiger partial charge is 0.257 e. The first-order chi connectivity index (χ1) is 11.0. The topological polar surface area (TPSA) is 41.4 Å². The Bertz CT molecular complexity index is 715. The standard InChI is InChI=1S/C17H21FN4O/c1-12-16(13(2)20(3)19-12)17(23)22-10-8-21(9-11-22)15-6-4-14(18)5-7-15/h4-7H,8-11H2,1-3H3. The molecular formula is C17H21FN4O. The molecule has 0 radical (unpaired) electrons. The quantitative estimate of drug-likeness (QED) is 0.852. The summed E-state index contributed by atoms with van der Waals surface area (Å²) < 4.78 is 14.8. The molecule has 1 saturated heterocycles. The van der Waals surface area contributed by atoms with Gasteiger partial charge in [0.25, 0.3) is 5.91 Å². The van der Waals surface area contributed by atoms with Crippen molar-refractivity contribution in [1.82, 2.24) is 14.7 Å². The highest BCUT2D eigenvalue weighted by Gasteiger charge is 2.26. The molecule has 0 unspecified atom stereocenters. The van der Waals surface area contributed by atoms with Crippen LogP contribution in [0.25, 0.3) is 0 Å². The van der Waals surface area contributed by atoms with Crippen molar-refractivity contribution in [1.29, 1.82) is 0 Å². The maximum absolute atomic E-state index is 13.0. The van der Waals surface area contributed by atoms with Crippen LogP contribution in [0.2, 0.25) is 0 Å². The number of carbonyl (C=O) groups is 1. The second-order valence-corrected chi connectivity index (χ2v) is 5.93. The van der Waals surface area contributed by atoms with E-state index in [2.05, 4.69) is 10.00 Å². The number of piperazine rings is 1. The van der Waals surface area contributed by atoms with Crippen molar-refractivity contribution in [2.45, 2.75) is 13.8 Å². The van der Waals surface area contributed by atoms with Crippen molar-refractivity contribution in [3.05, 3.63) is 47.0 Å². The van der Waals surface area contributed by atoms with E-state index in [9.17, 15) is 9.18 Å². The van der Waals surface area contributed by atoms with Gasteiger partial charge in [0, 0.05) is 44.6 Å². The highest BCUT2D eigenvalue weighted by Crippen LogP contribution is 2.20. The molecule has 6 heteroatoms. The first kappa shape index (κ1) is 15.5. The predicted octanol–water partition coefficient (Wildman–Crippen LogP) is 2.14. The van der Waals surface area contributed by atoms with Crippen LogP contribution < -0.4 is 4.90 Å². The molecular weight excluding hydrogens is 295 g/mol. The zero-order chi connectivity index (χ0) is 16.6. The lowest BCUT2D eigenvalue weighted by molar-refractivity contribution is 0.0745. The fourth-order valence-electron chi connectivity index (χ4n) is 3.06. The summed E-state index contributed by atoms with van der Waals surface area (Å²) in [6.45, 7) is 6.59. The number of rotatable bonds is 2. The van der Waals surface area contributed by atoms with Crippen molar-refractivity contribution in [2.75, 3.05) is 31.1 Å². The van der Waals surface area contributed by atoms with E-state index < -0.39 is 0 Å². The van der Waals surface area contributed by atoms with Crippen LogP contribution in [0.15, 0.2) is 24.3 Å². The van der Waals surface area contributed by atoms with E-state index in [0.717, 1.165) is 30.2 Å². The summed E-state index contributed by atoms with van der Waals surface area (Å²) in [7, 11) is 1.85. The summed E-state index contributed by atoms with van der Waals surface area (Å²) in [5, 5.41) is 4.32. The number of anilines is 1. The minimum atomic E-state index is -0.231. The van der Waals surface area contributed by atoms with Gasteiger partial charge in [0.2, 0.25) is 0 Å². The van der Waals surface area contributed by atoms with E-state index in [-0.39, 0.29) is 11.7 Å². The van der Waals surface area contributed by atoms with Gasteiger partial charge in [-0.05, 0) is 38.1 Å². The summed E-state index contributed by atoms with van der Waals surface area (Å²) in [4.78, 5) is 16.8. The van der Waals surface area contributed by atoms with Gasteiger partial charge in [0.1, 0.15) is 5.82 Å². The van der Waals surface area contributed by atoms with E-state index in [1.807, 2.05) is 25.8 Å². The lowest BCUT2D eigenvalue weighted by Gasteiger charge is -2.36. The molecule has 0 atom stereocenters. The van der Waals surface area contributed by atoms with Crippen LogP contribution in [-0.4, -0.2) is 46.8 Å². The van der Waals surface area contributed by atoms with Gasteiger partial charge in [0.15, 0.2) is 0 Å². The first-order valence-electron chi connectivity index (χ1n) is 7.77. The molecule has 1 aromatic heterocycles. The van der Waals surface area contributed by atoms with Crippen molar-refractivity contribution < 1.29 is 9.18 Å². The van der Waals surface area contributed by atoms with E-state index >= 15 is 0 Å². The number of hydrogen-bond donors (Lipinski definition) is 0. The summed E-state index contributed by atoms with van der Waals surface area (Å²) >= 11 is 0. The zero-order valence-corrected chi connectivity index (χ0v) is 13.7. The van der Waals surface area contributed by atoms with Gasteiger partial charge in [-0.25, -0.2) is 4.39 Å². The number of aromatic nitrogens is 2. The predicted molar refractivity (Wildman–Crippen MR) is 87.2 cm³/mol. The molecule has 0 spiro atoms. The fourth-order valence-corrected chi connectivity index (χ4v) is 3.06. The maximum Gasteiger partial charge on any atom is 0.257 e. The van der Waals surface area contributed by atoms with Crippen molar-refractivity contribution >= 4 is 11.6 Å². The van der Waals surface area contributed by atoms with Crippen molar-refractivity contribution in [3.63, 3.8) is 0 Å². The summed E-state index contributed by atoms with van der Waals surface area (Å²) in [6.07, 6.45) is 0. The van der Waals surface area contributed by atoms with E-state index in [1.165, 1.54) is 12.1 Å². The Balaban J connectivity index is 1.69. The molecule has 0 bridgehead atoms. The molecule has 2 heterocycles. The van der Waals surface area contributed by atoms with Gasteiger partial charge in [-0.15, -0.1) is 0 Å². The van der Waals surface area contributed by atoms with Crippen molar-refractivity contribution in [3.8, 4) is 0 Å². The third-order valence-corrected chi connectivity index (χ3v) is 4.48. The first-order valence-corrected chi connectivity index (χ1v) is 7.77. The minimum absolute atomic E-state index is 0.0480. The molecule has 0 aliphatic carbocycles. The molecule has 1 aromatic carbocycles. The number of aryl methyl sites for hydroxylation is 2. The van der Waals surface area contributed by atoms with Crippen LogP contribution in [0.4, 0.5) is 10.1 Å². The van der Waals surface area contributed by atoms with Crippen LogP contribution in [-0.2, 0) is 7.05 Å². The van der Waals surface area contributed by atoms with Gasteiger partial charge >= 0.3 is 0 Å². The van der Waals surface area contributed by atoms with E-state index in [1.54, 1.807) is 16.8 Å². The molecule has 1 aliphatic heterocycles. The Hall–Kier alpha value is -2.37. The van der Waals surface area contributed by atoms with Crippen LogP contribution in [0.1, 0.15) is 21.7 Å². The largest absolute Gasteiger partial charge is 0.368 e. The van der Waals surface area contributed by atoms with Gasteiger partial charge in [-0.2, -0.15) is 5.10 Å². The lowest BCUT2D eigenvalue weighted by atomic mass is 10.1. The molecule has 122 valence electrons. The molecule has 0 N–H and O–H groups in total. The Labute approximate surface area is 135 Å². The van der Waals surface area contributed by atoms with Crippen LogP contribution >= 0.6 is 0 Å². The zero-order valence-electron chi connectivity index (χ0n) is 13.7. The van der Waals surface area contributed by atoms with Gasteiger partial charge < -0.3 is 9.80 Å².